The maximum atomic E-state index is 2.61. The van der Waals surface area contributed by atoms with Crippen LogP contribution in [-0.2, 0) is 0 Å². The fraction of sp³-hybridized carbons (Fsp3) is 0.533. The molecule has 89 valence electrons. The average molecular weight is 233 g/mol. The summed E-state index contributed by atoms with van der Waals surface area (Å²) in [6.45, 7) is 7.16. The van der Waals surface area contributed by atoms with E-state index in [-0.39, 0.29) is 0 Å². The van der Waals surface area contributed by atoms with Crippen molar-refractivity contribution in [1.82, 2.24) is 0 Å². The Bertz CT molecular complexity index is 277. The molecule has 1 aromatic carbocycles. The Hall–Kier alpha value is -0.563. The molecule has 1 aromatic rings. The molecule has 0 fully saturated rings. The van der Waals surface area contributed by atoms with Crippen molar-refractivity contribution in [2.45, 2.75) is 52.1 Å². The fourth-order valence-corrected chi connectivity index (χ4v) is 4.23. The minimum atomic E-state index is -1.26. The smallest absolute Gasteiger partial charge is 0.0654 e. The van der Waals surface area contributed by atoms with Crippen LogP contribution in [0.3, 0.4) is 0 Å². The molecule has 0 atom stereocenters. The second-order valence-corrected chi connectivity index (χ2v) is 9.57. The molecule has 0 spiro atoms. The van der Waals surface area contributed by atoms with E-state index in [9.17, 15) is 0 Å². The molecule has 0 aliphatic rings. The van der Waals surface area contributed by atoms with Gasteiger partial charge in [0.25, 0.3) is 0 Å². The van der Waals surface area contributed by atoms with E-state index < -0.39 is 8.07 Å². The number of hydrogen-bond donors (Lipinski definition) is 0. The van der Waals surface area contributed by atoms with Gasteiger partial charge in [-0.3, -0.25) is 0 Å². The highest BCUT2D eigenvalue weighted by atomic mass is 28.3. The highest BCUT2D eigenvalue weighted by molar-refractivity contribution is 6.92. The van der Waals surface area contributed by atoms with Crippen molar-refractivity contribution < 1.29 is 0 Å². The Kier molecular flexibility index (Phi) is 5.82. The molecular weight excluding hydrogens is 208 g/mol. The van der Waals surface area contributed by atoms with Gasteiger partial charge in [-0.2, -0.15) is 0 Å². The molecule has 0 saturated carbocycles. The van der Waals surface area contributed by atoms with E-state index in [0.717, 1.165) is 0 Å². The lowest BCUT2D eigenvalue weighted by molar-refractivity contribution is 0.669. The molecule has 0 amide bonds. The van der Waals surface area contributed by atoms with Crippen LogP contribution in [0.1, 0.15) is 39.0 Å². The fourth-order valence-electron chi connectivity index (χ4n) is 2.02. The van der Waals surface area contributed by atoms with Crippen molar-refractivity contribution in [2.24, 2.45) is 0 Å². The lowest BCUT2D eigenvalue weighted by Crippen LogP contribution is -2.42. The SMILES string of the molecule is CCCCCC[CH][Si](C)(C)c1ccccc1. The highest BCUT2D eigenvalue weighted by Crippen LogP contribution is 2.13. The van der Waals surface area contributed by atoms with Crippen molar-refractivity contribution in [3.05, 3.63) is 36.4 Å². The monoisotopic (exact) mass is 233 g/mol. The lowest BCUT2D eigenvalue weighted by Gasteiger charge is -2.22. The third kappa shape index (κ3) is 4.52. The van der Waals surface area contributed by atoms with Gasteiger partial charge >= 0.3 is 0 Å². The molecule has 0 N–H and O–H groups in total. The van der Waals surface area contributed by atoms with Crippen molar-refractivity contribution >= 4 is 13.3 Å². The lowest BCUT2D eigenvalue weighted by atomic mass is 10.2. The summed E-state index contributed by atoms with van der Waals surface area (Å²) in [6.07, 6.45) is 6.79. The van der Waals surface area contributed by atoms with E-state index >= 15 is 0 Å². The zero-order valence-corrected chi connectivity index (χ0v) is 12.0. The Morgan fingerprint density at radius 2 is 1.69 bits per heavy atom. The van der Waals surface area contributed by atoms with E-state index in [0.29, 0.717) is 0 Å². The van der Waals surface area contributed by atoms with Gasteiger partial charge in [0.2, 0.25) is 0 Å². The quantitative estimate of drug-likeness (QED) is 0.486. The summed E-state index contributed by atoms with van der Waals surface area (Å²) in [4.78, 5) is 0. The second kappa shape index (κ2) is 6.90. The largest absolute Gasteiger partial charge is 0.0836 e. The van der Waals surface area contributed by atoms with Gasteiger partial charge in [0, 0.05) is 0 Å². The van der Waals surface area contributed by atoms with Crippen molar-refractivity contribution in [1.29, 1.82) is 0 Å². The first-order chi connectivity index (χ1) is 7.67. The zero-order valence-electron chi connectivity index (χ0n) is 11.0. The first-order valence-electron chi connectivity index (χ1n) is 6.56. The van der Waals surface area contributed by atoms with Gasteiger partial charge in [-0.25, -0.2) is 0 Å². The molecular formula is C15H25Si. The van der Waals surface area contributed by atoms with Crippen LogP contribution in [-0.4, -0.2) is 8.07 Å². The molecule has 0 aliphatic heterocycles. The molecule has 1 heteroatoms. The van der Waals surface area contributed by atoms with Crippen LogP contribution in [0.4, 0.5) is 0 Å². The summed E-state index contributed by atoms with van der Waals surface area (Å²) in [5.74, 6) is 0. The van der Waals surface area contributed by atoms with Gasteiger partial charge in [-0.05, 0) is 6.04 Å². The van der Waals surface area contributed by atoms with Crippen LogP contribution in [0.2, 0.25) is 13.1 Å². The summed E-state index contributed by atoms with van der Waals surface area (Å²) in [7, 11) is -1.26. The number of rotatable bonds is 7. The van der Waals surface area contributed by atoms with Gasteiger partial charge in [-0.15, -0.1) is 0 Å². The molecule has 1 radical (unpaired) electrons. The molecule has 1 rings (SSSR count). The van der Waals surface area contributed by atoms with E-state index in [1.165, 1.54) is 32.1 Å². The zero-order chi connectivity index (χ0) is 11.9. The minimum absolute atomic E-state index is 1.26. The maximum absolute atomic E-state index is 2.61. The van der Waals surface area contributed by atoms with Crippen LogP contribution in [0.15, 0.2) is 30.3 Å². The predicted molar refractivity (Wildman–Crippen MR) is 76.6 cm³/mol. The van der Waals surface area contributed by atoms with Crippen LogP contribution in [0.5, 0.6) is 0 Å². The third-order valence-corrected chi connectivity index (χ3v) is 6.36. The van der Waals surface area contributed by atoms with E-state index in [1.54, 1.807) is 5.19 Å². The Morgan fingerprint density at radius 3 is 2.31 bits per heavy atom. The summed E-state index contributed by atoms with van der Waals surface area (Å²) < 4.78 is 0. The Labute approximate surface area is 102 Å². The standard InChI is InChI=1S/C15H25Si/c1-4-5-6-7-11-14-16(2,3)15-12-9-8-10-13-15/h8-10,12-14H,4-7,11H2,1-3H3. The second-order valence-electron chi connectivity index (χ2n) is 5.14. The molecule has 0 aliphatic carbocycles. The van der Waals surface area contributed by atoms with Gasteiger partial charge in [0.15, 0.2) is 0 Å². The summed E-state index contributed by atoms with van der Waals surface area (Å²) in [5.41, 5.74) is 0. The van der Waals surface area contributed by atoms with Gasteiger partial charge in [-0.1, -0.05) is 87.6 Å². The average Bonchev–Trinajstić information content (AvgIpc) is 2.30. The predicted octanol–water partition coefficient (Wildman–Crippen LogP) is 4.32. The maximum Gasteiger partial charge on any atom is 0.0836 e. The summed E-state index contributed by atoms with van der Waals surface area (Å²) in [5, 5.41) is 1.56. The molecule has 0 bridgehead atoms. The highest BCUT2D eigenvalue weighted by Gasteiger charge is 2.22. The molecule has 0 aromatic heterocycles. The van der Waals surface area contributed by atoms with Crippen molar-refractivity contribution in [2.75, 3.05) is 0 Å². The molecule has 16 heavy (non-hydrogen) atoms. The van der Waals surface area contributed by atoms with E-state index in [2.05, 4.69) is 56.4 Å². The van der Waals surface area contributed by atoms with Crippen molar-refractivity contribution in [3.63, 3.8) is 0 Å². The van der Waals surface area contributed by atoms with Crippen molar-refractivity contribution in [3.8, 4) is 0 Å². The van der Waals surface area contributed by atoms with Crippen LogP contribution in [0, 0.1) is 6.04 Å². The number of unbranched alkanes of at least 4 members (excludes halogenated alkanes) is 4. The third-order valence-electron chi connectivity index (χ3n) is 3.23. The van der Waals surface area contributed by atoms with Gasteiger partial charge in [0.1, 0.15) is 0 Å². The molecule has 0 saturated heterocycles. The first kappa shape index (κ1) is 13.5. The van der Waals surface area contributed by atoms with E-state index in [4.69, 9.17) is 0 Å². The number of hydrogen-bond acceptors (Lipinski definition) is 0. The van der Waals surface area contributed by atoms with Crippen LogP contribution in [0.25, 0.3) is 0 Å². The molecule has 0 heterocycles. The molecule has 0 unspecified atom stereocenters. The Morgan fingerprint density at radius 1 is 1.00 bits per heavy atom. The van der Waals surface area contributed by atoms with Gasteiger partial charge in [0.05, 0.1) is 8.07 Å². The summed E-state index contributed by atoms with van der Waals surface area (Å²) >= 11 is 0. The number of benzene rings is 1. The van der Waals surface area contributed by atoms with Crippen LogP contribution < -0.4 is 5.19 Å². The Balaban J connectivity index is 2.35. The topological polar surface area (TPSA) is 0 Å². The normalized spacial score (nSPS) is 11.7. The van der Waals surface area contributed by atoms with Gasteiger partial charge < -0.3 is 0 Å². The van der Waals surface area contributed by atoms with Crippen LogP contribution >= 0.6 is 0 Å². The minimum Gasteiger partial charge on any atom is -0.0654 e. The molecule has 0 nitrogen and oxygen atoms in total. The van der Waals surface area contributed by atoms with E-state index in [1.807, 2.05) is 0 Å². The summed E-state index contributed by atoms with van der Waals surface area (Å²) in [6, 6.07) is 13.6. The first-order valence-corrected chi connectivity index (χ1v) is 9.64.